The monoisotopic (exact) mass is 231 g/mol. The fourth-order valence-electron chi connectivity index (χ4n) is 1.76. The molecule has 0 atom stereocenters. The molecule has 1 aromatic heterocycles. The van der Waals surface area contributed by atoms with Crippen LogP contribution in [0, 0.1) is 6.92 Å². The van der Waals surface area contributed by atoms with E-state index in [0.29, 0.717) is 19.1 Å². The lowest BCUT2D eigenvalue weighted by Crippen LogP contribution is -2.09. The third kappa shape index (κ3) is 2.47. The first-order valence-electron chi connectivity index (χ1n) is 5.59. The van der Waals surface area contributed by atoms with E-state index in [2.05, 4.69) is 36.2 Å². The number of benzene rings is 1. The van der Waals surface area contributed by atoms with Crippen molar-refractivity contribution in [3.63, 3.8) is 0 Å². The molecule has 4 heteroatoms. The molecule has 0 unspecified atom stereocenters. The van der Waals surface area contributed by atoms with Crippen LogP contribution in [0.15, 0.2) is 30.5 Å². The molecule has 2 rings (SSSR count). The van der Waals surface area contributed by atoms with Gasteiger partial charge < -0.3 is 15.0 Å². The van der Waals surface area contributed by atoms with Gasteiger partial charge in [-0.15, -0.1) is 0 Å². The Kier molecular flexibility index (Phi) is 3.44. The Hall–Kier alpha value is -1.81. The minimum atomic E-state index is 0.526. The molecule has 0 aliphatic rings. The number of aromatic nitrogens is 2. The molecule has 4 nitrogen and oxygen atoms in total. The Morgan fingerprint density at radius 3 is 2.65 bits per heavy atom. The Bertz CT molecular complexity index is 488. The van der Waals surface area contributed by atoms with Gasteiger partial charge in [0.25, 0.3) is 0 Å². The van der Waals surface area contributed by atoms with E-state index in [1.165, 1.54) is 5.56 Å². The van der Waals surface area contributed by atoms with Crippen LogP contribution in [0.3, 0.4) is 0 Å². The number of methoxy groups -OCH3 is 1. The van der Waals surface area contributed by atoms with Crippen LogP contribution in [-0.4, -0.2) is 23.3 Å². The van der Waals surface area contributed by atoms with Crippen LogP contribution < -0.4 is 5.73 Å². The van der Waals surface area contributed by atoms with Gasteiger partial charge in [0.2, 0.25) is 5.95 Å². The van der Waals surface area contributed by atoms with Crippen molar-refractivity contribution in [1.82, 2.24) is 9.55 Å². The summed E-state index contributed by atoms with van der Waals surface area (Å²) < 4.78 is 7.04. The van der Waals surface area contributed by atoms with Crippen molar-refractivity contribution in [3.8, 4) is 11.3 Å². The molecule has 90 valence electrons. The van der Waals surface area contributed by atoms with E-state index in [-0.39, 0.29) is 0 Å². The number of nitrogen functional groups attached to an aromatic ring is 1. The van der Waals surface area contributed by atoms with Gasteiger partial charge in [0.15, 0.2) is 0 Å². The largest absolute Gasteiger partial charge is 0.383 e. The molecule has 1 heterocycles. The second-order valence-corrected chi connectivity index (χ2v) is 4.01. The van der Waals surface area contributed by atoms with Gasteiger partial charge in [0, 0.05) is 13.7 Å². The van der Waals surface area contributed by atoms with Crippen molar-refractivity contribution in [3.05, 3.63) is 36.0 Å². The molecule has 0 fully saturated rings. The second-order valence-electron chi connectivity index (χ2n) is 4.01. The molecular formula is C13H17N3O. The molecule has 1 aromatic carbocycles. The second kappa shape index (κ2) is 5.01. The molecule has 0 radical (unpaired) electrons. The first-order valence-corrected chi connectivity index (χ1v) is 5.59. The predicted octanol–water partition coefficient (Wildman–Crippen LogP) is 2.09. The summed E-state index contributed by atoms with van der Waals surface area (Å²) in [6.45, 7) is 3.41. The Morgan fingerprint density at radius 2 is 2.00 bits per heavy atom. The summed E-state index contributed by atoms with van der Waals surface area (Å²) in [5.41, 5.74) is 9.23. The molecule has 0 aliphatic heterocycles. The van der Waals surface area contributed by atoms with Crippen molar-refractivity contribution in [2.45, 2.75) is 13.5 Å². The molecule has 17 heavy (non-hydrogen) atoms. The quantitative estimate of drug-likeness (QED) is 0.876. The zero-order valence-corrected chi connectivity index (χ0v) is 10.2. The number of anilines is 1. The maximum atomic E-state index is 5.85. The summed E-state index contributed by atoms with van der Waals surface area (Å²) in [6, 6.07) is 8.32. The van der Waals surface area contributed by atoms with E-state index in [9.17, 15) is 0 Å². The normalized spacial score (nSPS) is 10.7. The van der Waals surface area contributed by atoms with Gasteiger partial charge >= 0.3 is 0 Å². The molecule has 0 saturated heterocycles. The van der Waals surface area contributed by atoms with Crippen LogP contribution in [0.4, 0.5) is 5.95 Å². The number of rotatable bonds is 4. The fourth-order valence-corrected chi connectivity index (χ4v) is 1.76. The van der Waals surface area contributed by atoms with Crippen LogP contribution in [0.5, 0.6) is 0 Å². The summed E-state index contributed by atoms with van der Waals surface area (Å²) in [5, 5.41) is 0. The first-order chi connectivity index (χ1) is 8.22. The van der Waals surface area contributed by atoms with Crippen molar-refractivity contribution in [2.24, 2.45) is 0 Å². The minimum absolute atomic E-state index is 0.526. The average Bonchev–Trinajstić information content (AvgIpc) is 2.69. The number of aryl methyl sites for hydroxylation is 1. The highest BCUT2D eigenvalue weighted by Gasteiger charge is 2.08. The van der Waals surface area contributed by atoms with Crippen LogP contribution in [-0.2, 0) is 11.3 Å². The lowest BCUT2D eigenvalue weighted by Gasteiger charge is -2.09. The third-order valence-electron chi connectivity index (χ3n) is 2.75. The van der Waals surface area contributed by atoms with Gasteiger partial charge in [-0.2, -0.15) is 0 Å². The maximum absolute atomic E-state index is 5.85. The fraction of sp³-hybridized carbons (Fsp3) is 0.308. The summed E-state index contributed by atoms with van der Waals surface area (Å²) in [5.74, 6) is 0.526. The lowest BCUT2D eigenvalue weighted by molar-refractivity contribution is 0.188. The van der Waals surface area contributed by atoms with E-state index in [0.717, 1.165) is 11.3 Å². The van der Waals surface area contributed by atoms with Gasteiger partial charge in [0.1, 0.15) is 0 Å². The van der Waals surface area contributed by atoms with Gasteiger partial charge in [-0.3, -0.25) is 0 Å². The molecule has 2 aromatic rings. The zero-order valence-electron chi connectivity index (χ0n) is 10.2. The van der Waals surface area contributed by atoms with Crippen LogP contribution in [0.25, 0.3) is 11.3 Å². The molecule has 2 N–H and O–H groups in total. The van der Waals surface area contributed by atoms with Crippen molar-refractivity contribution < 1.29 is 4.74 Å². The average molecular weight is 231 g/mol. The van der Waals surface area contributed by atoms with Gasteiger partial charge in [-0.25, -0.2) is 4.98 Å². The van der Waals surface area contributed by atoms with E-state index in [4.69, 9.17) is 10.5 Å². The van der Waals surface area contributed by atoms with E-state index in [1.54, 1.807) is 13.3 Å². The summed E-state index contributed by atoms with van der Waals surface area (Å²) in [6.07, 6.45) is 1.80. The zero-order chi connectivity index (χ0) is 12.3. The van der Waals surface area contributed by atoms with Crippen LogP contribution >= 0.6 is 0 Å². The van der Waals surface area contributed by atoms with Crippen molar-refractivity contribution in [2.75, 3.05) is 19.5 Å². The van der Waals surface area contributed by atoms with Gasteiger partial charge in [0.05, 0.1) is 18.5 Å². The number of hydrogen-bond donors (Lipinski definition) is 1. The van der Waals surface area contributed by atoms with Crippen LogP contribution in [0.1, 0.15) is 5.56 Å². The highest BCUT2D eigenvalue weighted by molar-refractivity contribution is 5.61. The molecule has 0 bridgehead atoms. The third-order valence-corrected chi connectivity index (χ3v) is 2.75. The Morgan fingerprint density at radius 1 is 1.29 bits per heavy atom. The number of nitrogens with zero attached hydrogens (tertiary/aromatic N) is 2. The topological polar surface area (TPSA) is 53.1 Å². The van der Waals surface area contributed by atoms with E-state index in [1.807, 2.05) is 4.57 Å². The first kappa shape index (κ1) is 11.7. The number of ether oxygens (including phenoxy) is 1. The van der Waals surface area contributed by atoms with Gasteiger partial charge in [-0.1, -0.05) is 29.8 Å². The highest BCUT2D eigenvalue weighted by Crippen LogP contribution is 2.22. The summed E-state index contributed by atoms with van der Waals surface area (Å²) in [4.78, 5) is 4.15. The molecule has 0 saturated carbocycles. The van der Waals surface area contributed by atoms with Gasteiger partial charge in [-0.05, 0) is 12.5 Å². The van der Waals surface area contributed by atoms with E-state index >= 15 is 0 Å². The SMILES string of the molecule is COCCn1c(-c2ccc(C)cc2)cnc1N. The van der Waals surface area contributed by atoms with Crippen LogP contribution in [0.2, 0.25) is 0 Å². The maximum Gasteiger partial charge on any atom is 0.200 e. The smallest absolute Gasteiger partial charge is 0.200 e. The molecular weight excluding hydrogens is 214 g/mol. The summed E-state index contributed by atoms with van der Waals surface area (Å²) >= 11 is 0. The molecule has 0 spiro atoms. The standard InChI is InChI=1S/C13H17N3O/c1-10-3-5-11(6-4-10)12-9-15-13(14)16(12)7-8-17-2/h3-6,9H,7-8H2,1-2H3,(H2,14,15). The Labute approximate surface area is 101 Å². The van der Waals surface area contributed by atoms with E-state index < -0.39 is 0 Å². The predicted molar refractivity (Wildman–Crippen MR) is 68.7 cm³/mol. The number of nitrogens with two attached hydrogens (primary N) is 1. The molecule has 0 aliphatic carbocycles. The Balaban J connectivity index is 2.34. The molecule has 0 amide bonds. The number of imidazole rings is 1. The van der Waals surface area contributed by atoms with Crippen molar-refractivity contribution >= 4 is 5.95 Å². The highest BCUT2D eigenvalue weighted by atomic mass is 16.5. The lowest BCUT2D eigenvalue weighted by atomic mass is 10.1. The minimum Gasteiger partial charge on any atom is -0.383 e. The van der Waals surface area contributed by atoms with Crippen molar-refractivity contribution in [1.29, 1.82) is 0 Å². The number of hydrogen-bond acceptors (Lipinski definition) is 3. The summed E-state index contributed by atoms with van der Waals surface area (Å²) in [7, 11) is 1.68.